The van der Waals surface area contributed by atoms with Gasteiger partial charge in [0, 0.05) is 12.1 Å². The first-order valence-electron chi connectivity index (χ1n) is 10.2. The van der Waals surface area contributed by atoms with Gasteiger partial charge in [-0.25, -0.2) is 4.98 Å². The standard InChI is InChI=1S/C23H17ClN4O5/c24-15-6-2-1-4-13(15)21-26-11-12(33-21)10-25-16-7-3-5-14-19(16)23(32)28(22(14)31)17-8-9-18(29)27-20(17)30/h1-7,11,17,25H,8-10H2,(H,27,29,30). The molecular formula is C23H17ClN4O5. The van der Waals surface area contributed by atoms with Crippen LogP contribution in [-0.2, 0) is 16.1 Å². The van der Waals surface area contributed by atoms with Crippen molar-refractivity contribution in [3.05, 3.63) is 70.6 Å². The van der Waals surface area contributed by atoms with Gasteiger partial charge in [-0.15, -0.1) is 0 Å². The fourth-order valence-electron chi connectivity index (χ4n) is 3.99. The fraction of sp³-hybridized carbons (Fsp3) is 0.174. The summed E-state index contributed by atoms with van der Waals surface area (Å²) in [7, 11) is 0. The second kappa shape index (κ2) is 8.18. The number of nitrogens with zero attached hydrogens (tertiary/aromatic N) is 2. The predicted octanol–water partition coefficient (Wildman–Crippen LogP) is 3.01. The summed E-state index contributed by atoms with van der Waals surface area (Å²) in [6.07, 6.45) is 1.72. The molecule has 166 valence electrons. The van der Waals surface area contributed by atoms with Crippen molar-refractivity contribution in [1.82, 2.24) is 15.2 Å². The number of benzene rings is 2. The molecule has 33 heavy (non-hydrogen) atoms. The number of hydrogen-bond acceptors (Lipinski definition) is 7. The van der Waals surface area contributed by atoms with E-state index in [1.165, 1.54) is 6.07 Å². The van der Waals surface area contributed by atoms with Gasteiger partial charge in [0.1, 0.15) is 11.8 Å². The summed E-state index contributed by atoms with van der Waals surface area (Å²) in [6.45, 7) is 0.202. The number of aromatic nitrogens is 1. The highest BCUT2D eigenvalue weighted by Gasteiger charge is 2.45. The van der Waals surface area contributed by atoms with Crippen molar-refractivity contribution in [1.29, 1.82) is 0 Å². The van der Waals surface area contributed by atoms with Crippen molar-refractivity contribution in [2.24, 2.45) is 0 Å². The monoisotopic (exact) mass is 464 g/mol. The Bertz CT molecular complexity index is 1320. The molecule has 5 rings (SSSR count). The van der Waals surface area contributed by atoms with E-state index in [-0.39, 0.29) is 30.5 Å². The smallest absolute Gasteiger partial charge is 0.264 e. The number of anilines is 1. The number of carbonyl (C=O) groups is 4. The van der Waals surface area contributed by atoms with E-state index in [4.69, 9.17) is 16.0 Å². The number of oxazole rings is 1. The molecule has 0 spiro atoms. The van der Waals surface area contributed by atoms with Crippen LogP contribution in [-0.4, -0.2) is 39.6 Å². The molecule has 1 saturated heterocycles. The quantitative estimate of drug-likeness (QED) is 0.556. The van der Waals surface area contributed by atoms with Crippen LogP contribution < -0.4 is 10.6 Å². The first kappa shape index (κ1) is 20.9. The van der Waals surface area contributed by atoms with E-state index in [1.54, 1.807) is 30.5 Å². The van der Waals surface area contributed by atoms with Crippen LogP contribution in [0.4, 0.5) is 5.69 Å². The minimum atomic E-state index is -1.02. The minimum Gasteiger partial charge on any atom is -0.439 e. The number of hydrogen-bond donors (Lipinski definition) is 2. The number of rotatable bonds is 5. The molecule has 1 unspecified atom stereocenters. The van der Waals surface area contributed by atoms with Crippen LogP contribution in [0.3, 0.4) is 0 Å². The van der Waals surface area contributed by atoms with Gasteiger partial charge >= 0.3 is 0 Å². The fourth-order valence-corrected chi connectivity index (χ4v) is 4.21. The Morgan fingerprint density at radius 1 is 1.06 bits per heavy atom. The van der Waals surface area contributed by atoms with Gasteiger partial charge in [0.25, 0.3) is 11.8 Å². The normalized spacial score (nSPS) is 17.8. The average Bonchev–Trinajstić information content (AvgIpc) is 3.37. The molecule has 4 amide bonds. The molecule has 0 saturated carbocycles. The summed E-state index contributed by atoms with van der Waals surface area (Å²) < 4.78 is 5.77. The Morgan fingerprint density at radius 3 is 2.64 bits per heavy atom. The lowest BCUT2D eigenvalue weighted by molar-refractivity contribution is -0.136. The molecule has 10 heteroatoms. The molecule has 0 bridgehead atoms. The van der Waals surface area contributed by atoms with Crippen molar-refractivity contribution < 1.29 is 23.6 Å². The zero-order valence-corrected chi connectivity index (χ0v) is 17.9. The molecule has 2 aromatic carbocycles. The van der Waals surface area contributed by atoms with E-state index in [0.29, 0.717) is 27.9 Å². The molecule has 1 aromatic heterocycles. The van der Waals surface area contributed by atoms with E-state index in [0.717, 1.165) is 4.90 Å². The average molecular weight is 465 g/mol. The molecule has 3 aromatic rings. The van der Waals surface area contributed by atoms with Gasteiger partial charge in [0.15, 0.2) is 0 Å². The largest absolute Gasteiger partial charge is 0.439 e. The molecule has 2 N–H and O–H groups in total. The topological polar surface area (TPSA) is 122 Å². The molecule has 2 aliphatic heterocycles. The van der Waals surface area contributed by atoms with Gasteiger partial charge in [-0.1, -0.05) is 29.8 Å². The van der Waals surface area contributed by atoms with Crippen molar-refractivity contribution >= 4 is 40.9 Å². The van der Waals surface area contributed by atoms with Gasteiger partial charge in [-0.3, -0.25) is 29.4 Å². The molecule has 0 aliphatic carbocycles. The van der Waals surface area contributed by atoms with Crippen LogP contribution in [0, 0.1) is 0 Å². The van der Waals surface area contributed by atoms with Crippen LogP contribution in [0.5, 0.6) is 0 Å². The lowest BCUT2D eigenvalue weighted by Crippen LogP contribution is -2.54. The number of amides is 4. The summed E-state index contributed by atoms with van der Waals surface area (Å²) in [5.74, 6) is -1.34. The van der Waals surface area contributed by atoms with Crippen molar-refractivity contribution in [3.8, 4) is 11.5 Å². The highest BCUT2D eigenvalue weighted by Crippen LogP contribution is 2.33. The lowest BCUT2D eigenvalue weighted by Gasteiger charge is -2.27. The van der Waals surface area contributed by atoms with Crippen molar-refractivity contribution in [2.45, 2.75) is 25.4 Å². The maximum absolute atomic E-state index is 13.1. The zero-order chi connectivity index (χ0) is 23.1. The molecule has 1 atom stereocenters. The van der Waals surface area contributed by atoms with E-state index < -0.39 is 29.7 Å². The molecular weight excluding hydrogens is 448 g/mol. The van der Waals surface area contributed by atoms with Crippen LogP contribution >= 0.6 is 11.6 Å². The van der Waals surface area contributed by atoms with Gasteiger partial charge in [-0.05, 0) is 30.7 Å². The zero-order valence-electron chi connectivity index (χ0n) is 17.1. The summed E-state index contributed by atoms with van der Waals surface area (Å²) >= 11 is 6.19. The first-order chi connectivity index (χ1) is 15.9. The third kappa shape index (κ3) is 3.66. The number of imide groups is 2. The van der Waals surface area contributed by atoms with E-state index in [2.05, 4.69) is 15.6 Å². The van der Waals surface area contributed by atoms with Crippen molar-refractivity contribution in [2.75, 3.05) is 5.32 Å². The summed E-state index contributed by atoms with van der Waals surface area (Å²) in [4.78, 5) is 55.0. The van der Waals surface area contributed by atoms with Gasteiger partial charge in [0.05, 0.1) is 34.5 Å². The maximum atomic E-state index is 13.1. The van der Waals surface area contributed by atoms with Gasteiger partial charge in [-0.2, -0.15) is 0 Å². The maximum Gasteiger partial charge on any atom is 0.264 e. The van der Waals surface area contributed by atoms with Crippen LogP contribution in [0.2, 0.25) is 5.02 Å². The van der Waals surface area contributed by atoms with Gasteiger partial charge < -0.3 is 9.73 Å². The molecule has 0 radical (unpaired) electrons. The van der Waals surface area contributed by atoms with Gasteiger partial charge in [0.2, 0.25) is 17.7 Å². The second-order valence-electron chi connectivity index (χ2n) is 7.64. The third-order valence-corrected chi connectivity index (χ3v) is 5.91. The lowest BCUT2D eigenvalue weighted by atomic mass is 10.0. The Hall–Kier alpha value is -3.98. The Labute approximate surface area is 192 Å². The summed E-state index contributed by atoms with van der Waals surface area (Å²) in [5.41, 5.74) is 1.46. The highest BCUT2D eigenvalue weighted by molar-refractivity contribution is 6.33. The van der Waals surface area contributed by atoms with Crippen LogP contribution in [0.15, 0.2) is 53.1 Å². The van der Waals surface area contributed by atoms with Crippen LogP contribution in [0.1, 0.15) is 39.3 Å². The molecule has 1 fully saturated rings. The number of fused-ring (bicyclic) bond motifs is 1. The van der Waals surface area contributed by atoms with E-state index in [9.17, 15) is 19.2 Å². The van der Waals surface area contributed by atoms with Crippen molar-refractivity contribution in [3.63, 3.8) is 0 Å². The second-order valence-corrected chi connectivity index (χ2v) is 8.05. The Morgan fingerprint density at radius 2 is 1.85 bits per heavy atom. The summed E-state index contributed by atoms with van der Waals surface area (Å²) in [5, 5.41) is 5.81. The number of halogens is 1. The first-order valence-corrected chi connectivity index (χ1v) is 10.6. The predicted molar refractivity (Wildman–Crippen MR) is 117 cm³/mol. The SMILES string of the molecule is O=C1CCC(N2C(=O)c3cccc(NCc4cnc(-c5ccccc5Cl)o4)c3C2=O)C(=O)N1. The van der Waals surface area contributed by atoms with Crippen LogP contribution in [0.25, 0.3) is 11.5 Å². The highest BCUT2D eigenvalue weighted by atomic mass is 35.5. The van der Waals surface area contributed by atoms with E-state index in [1.807, 2.05) is 12.1 Å². The molecule has 3 heterocycles. The molecule has 9 nitrogen and oxygen atoms in total. The summed E-state index contributed by atoms with van der Waals surface area (Å²) in [6, 6.07) is 11.0. The third-order valence-electron chi connectivity index (χ3n) is 5.58. The number of piperidine rings is 1. The number of carbonyl (C=O) groups excluding carboxylic acids is 4. The molecule has 2 aliphatic rings. The number of nitrogens with one attached hydrogen (secondary N) is 2. The minimum absolute atomic E-state index is 0.0637. The Kier molecular flexibility index (Phi) is 5.18. The Balaban J connectivity index is 1.36. The van der Waals surface area contributed by atoms with E-state index >= 15 is 0 Å².